The van der Waals surface area contributed by atoms with Crippen LogP contribution in [0.2, 0.25) is 0 Å². The Morgan fingerprint density at radius 2 is 1.12 bits per heavy atom. The Kier molecular flexibility index (Phi) is 11.4. The van der Waals surface area contributed by atoms with Crippen molar-refractivity contribution in [2.24, 2.45) is 0 Å². The Labute approximate surface area is 166 Å². The standard InChI is InChI=1S/C20H28Cl2O4/c1-3-5-7-9-13-25-17-15(19(21)23)11-12-16(20(22)24)18(17)26-14-10-8-6-4-2/h11-12H,3-10,13-14H2,1-2H3. The topological polar surface area (TPSA) is 52.6 Å². The van der Waals surface area contributed by atoms with Crippen LogP contribution < -0.4 is 9.47 Å². The summed E-state index contributed by atoms with van der Waals surface area (Å²) in [7, 11) is 0. The number of ether oxygens (including phenoxy) is 2. The highest BCUT2D eigenvalue weighted by molar-refractivity contribution is 6.69. The number of unbranched alkanes of at least 4 members (excludes halogenated alkanes) is 6. The molecule has 1 aromatic rings. The van der Waals surface area contributed by atoms with E-state index >= 15 is 0 Å². The molecule has 0 spiro atoms. The van der Waals surface area contributed by atoms with E-state index in [-0.39, 0.29) is 22.6 Å². The van der Waals surface area contributed by atoms with Crippen LogP contribution in [0.5, 0.6) is 11.5 Å². The second-order valence-corrected chi connectivity index (χ2v) is 6.87. The lowest BCUT2D eigenvalue weighted by molar-refractivity contribution is 0.106. The average Bonchev–Trinajstić information content (AvgIpc) is 2.61. The number of hydrogen-bond acceptors (Lipinski definition) is 4. The van der Waals surface area contributed by atoms with Crippen LogP contribution >= 0.6 is 23.2 Å². The number of carbonyl (C=O) groups is 2. The molecule has 0 saturated carbocycles. The normalized spacial score (nSPS) is 10.6. The van der Waals surface area contributed by atoms with Crippen molar-refractivity contribution < 1.29 is 19.1 Å². The van der Waals surface area contributed by atoms with Gasteiger partial charge in [0.05, 0.1) is 24.3 Å². The summed E-state index contributed by atoms with van der Waals surface area (Å²) in [5.74, 6) is 0.423. The molecule has 4 nitrogen and oxygen atoms in total. The first kappa shape index (κ1) is 22.8. The number of carbonyl (C=O) groups excluding carboxylic acids is 2. The van der Waals surface area contributed by atoms with E-state index < -0.39 is 10.5 Å². The van der Waals surface area contributed by atoms with Crippen LogP contribution in [0, 0.1) is 0 Å². The van der Waals surface area contributed by atoms with E-state index in [0.29, 0.717) is 13.2 Å². The largest absolute Gasteiger partial charge is 0.489 e. The summed E-state index contributed by atoms with van der Waals surface area (Å²) in [6.07, 6.45) is 8.22. The molecule has 6 heteroatoms. The summed E-state index contributed by atoms with van der Waals surface area (Å²) in [4.78, 5) is 23.5. The van der Waals surface area contributed by atoms with E-state index in [9.17, 15) is 9.59 Å². The summed E-state index contributed by atoms with van der Waals surface area (Å²) < 4.78 is 11.6. The molecule has 0 aromatic heterocycles. The van der Waals surface area contributed by atoms with Gasteiger partial charge in [-0.15, -0.1) is 0 Å². The molecular formula is C20H28Cl2O4. The SMILES string of the molecule is CCCCCCOc1c(C(=O)Cl)ccc(C(=O)Cl)c1OCCCCCC. The molecule has 0 amide bonds. The monoisotopic (exact) mass is 402 g/mol. The zero-order chi connectivity index (χ0) is 19.4. The van der Waals surface area contributed by atoms with Crippen LogP contribution in [0.4, 0.5) is 0 Å². The summed E-state index contributed by atoms with van der Waals surface area (Å²) >= 11 is 11.4. The molecule has 0 heterocycles. The first-order chi connectivity index (χ1) is 12.5. The van der Waals surface area contributed by atoms with Crippen LogP contribution in [0.3, 0.4) is 0 Å². The molecule has 146 valence electrons. The van der Waals surface area contributed by atoms with E-state index in [1.807, 2.05) is 0 Å². The van der Waals surface area contributed by atoms with E-state index in [1.165, 1.54) is 12.1 Å². The fourth-order valence-electron chi connectivity index (χ4n) is 2.56. The third kappa shape index (κ3) is 7.55. The summed E-state index contributed by atoms with van der Waals surface area (Å²) in [5, 5.41) is -1.31. The maximum atomic E-state index is 11.8. The van der Waals surface area contributed by atoms with E-state index in [0.717, 1.165) is 51.4 Å². The zero-order valence-corrected chi connectivity index (χ0v) is 17.1. The first-order valence-corrected chi connectivity index (χ1v) is 10.1. The Balaban J connectivity index is 2.99. The molecule has 26 heavy (non-hydrogen) atoms. The van der Waals surface area contributed by atoms with Gasteiger partial charge in [0.2, 0.25) is 0 Å². The fraction of sp³-hybridized carbons (Fsp3) is 0.600. The Morgan fingerprint density at radius 3 is 1.42 bits per heavy atom. The maximum Gasteiger partial charge on any atom is 0.256 e. The highest BCUT2D eigenvalue weighted by Gasteiger charge is 2.23. The summed E-state index contributed by atoms with van der Waals surface area (Å²) in [5.41, 5.74) is 0.375. The number of hydrogen-bond donors (Lipinski definition) is 0. The van der Waals surface area contributed by atoms with Gasteiger partial charge in [0, 0.05) is 0 Å². The Hall–Kier alpha value is -1.26. The van der Waals surface area contributed by atoms with Gasteiger partial charge in [-0.25, -0.2) is 0 Å². The van der Waals surface area contributed by atoms with E-state index in [1.54, 1.807) is 0 Å². The van der Waals surface area contributed by atoms with Crippen LogP contribution in [-0.4, -0.2) is 23.7 Å². The van der Waals surface area contributed by atoms with Gasteiger partial charge in [-0.1, -0.05) is 52.4 Å². The molecule has 0 bridgehead atoms. The highest BCUT2D eigenvalue weighted by Crippen LogP contribution is 2.37. The second kappa shape index (κ2) is 13.0. The van der Waals surface area contributed by atoms with Crippen molar-refractivity contribution in [2.45, 2.75) is 65.2 Å². The predicted octanol–water partition coefficient (Wildman–Crippen LogP) is 6.36. The zero-order valence-electron chi connectivity index (χ0n) is 15.6. The summed E-state index contributed by atoms with van der Waals surface area (Å²) in [6.45, 7) is 5.10. The molecule has 0 atom stereocenters. The molecule has 1 aromatic carbocycles. The Morgan fingerprint density at radius 1 is 0.731 bits per heavy atom. The van der Waals surface area contributed by atoms with E-state index in [2.05, 4.69) is 13.8 Å². The summed E-state index contributed by atoms with van der Waals surface area (Å²) in [6, 6.07) is 2.91. The average molecular weight is 403 g/mol. The van der Waals surface area contributed by atoms with Crippen LogP contribution in [0.15, 0.2) is 12.1 Å². The van der Waals surface area contributed by atoms with Gasteiger partial charge in [0.15, 0.2) is 11.5 Å². The van der Waals surface area contributed by atoms with Crippen molar-refractivity contribution in [3.8, 4) is 11.5 Å². The van der Waals surface area contributed by atoms with Crippen LogP contribution in [0.25, 0.3) is 0 Å². The Bertz CT molecular complexity index is 536. The van der Waals surface area contributed by atoms with Gasteiger partial charge in [0.1, 0.15) is 0 Å². The van der Waals surface area contributed by atoms with Gasteiger partial charge in [0.25, 0.3) is 10.5 Å². The number of benzene rings is 1. The third-order valence-corrected chi connectivity index (χ3v) is 4.43. The molecule has 0 saturated heterocycles. The quantitative estimate of drug-likeness (QED) is 0.268. The van der Waals surface area contributed by atoms with Crippen LogP contribution in [0.1, 0.15) is 85.9 Å². The minimum Gasteiger partial charge on any atom is -0.489 e. The molecule has 0 N–H and O–H groups in total. The molecule has 0 aliphatic heterocycles. The van der Waals surface area contributed by atoms with Crippen molar-refractivity contribution in [2.75, 3.05) is 13.2 Å². The van der Waals surface area contributed by atoms with Crippen molar-refractivity contribution in [1.82, 2.24) is 0 Å². The molecule has 1 rings (SSSR count). The van der Waals surface area contributed by atoms with Crippen molar-refractivity contribution in [1.29, 1.82) is 0 Å². The third-order valence-electron chi connectivity index (χ3n) is 4.02. The second-order valence-electron chi connectivity index (χ2n) is 6.18. The molecule has 0 unspecified atom stereocenters. The lowest BCUT2D eigenvalue weighted by Gasteiger charge is -2.17. The minimum atomic E-state index is -0.655. The van der Waals surface area contributed by atoms with Gasteiger partial charge < -0.3 is 9.47 Å². The van der Waals surface area contributed by atoms with Gasteiger partial charge in [-0.05, 0) is 48.2 Å². The fourth-order valence-corrected chi connectivity index (χ4v) is 2.86. The number of rotatable bonds is 14. The smallest absolute Gasteiger partial charge is 0.256 e. The van der Waals surface area contributed by atoms with Gasteiger partial charge in [-0.3, -0.25) is 9.59 Å². The highest BCUT2D eigenvalue weighted by atomic mass is 35.5. The van der Waals surface area contributed by atoms with Crippen molar-refractivity contribution >= 4 is 33.7 Å². The minimum absolute atomic E-state index is 0.187. The molecule has 0 aliphatic rings. The molecule has 0 radical (unpaired) electrons. The molecular weight excluding hydrogens is 375 g/mol. The lowest BCUT2D eigenvalue weighted by Crippen LogP contribution is -2.09. The first-order valence-electron chi connectivity index (χ1n) is 9.35. The maximum absolute atomic E-state index is 11.8. The van der Waals surface area contributed by atoms with Gasteiger partial charge >= 0.3 is 0 Å². The van der Waals surface area contributed by atoms with E-state index in [4.69, 9.17) is 32.7 Å². The van der Waals surface area contributed by atoms with Crippen molar-refractivity contribution in [3.63, 3.8) is 0 Å². The van der Waals surface area contributed by atoms with Crippen LogP contribution in [-0.2, 0) is 0 Å². The van der Waals surface area contributed by atoms with Gasteiger partial charge in [-0.2, -0.15) is 0 Å². The predicted molar refractivity (Wildman–Crippen MR) is 106 cm³/mol. The lowest BCUT2D eigenvalue weighted by atomic mass is 10.1. The molecule has 0 aliphatic carbocycles. The molecule has 0 fully saturated rings. The van der Waals surface area contributed by atoms with Crippen molar-refractivity contribution in [3.05, 3.63) is 23.3 Å². The number of halogens is 2.